The van der Waals surface area contributed by atoms with Gasteiger partial charge < -0.3 is 9.30 Å². The molecule has 0 spiro atoms. The highest BCUT2D eigenvalue weighted by Gasteiger charge is 2.13. The first-order chi connectivity index (χ1) is 11.2. The zero-order chi connectivity index (χ0) is 16.8. The van der Waals surface area contributed by atoms with Crippen LogP contribution in [0.5, 0.6) is 0 Å². The summed E-state index contributed by atoms with van der Waals surface area (Å²) in [5, 5.41) is 1.04. The van der Waals surface area contributed by atoms with Crippen molar-refractivity contribution in [3.05, 3.63) is 70.3 Å². The van der Waals surface area contributed by atoms with Crippen molar-refractivity contribution in [3.63, 3.8) is 0 Å². The van der Waals surface area contributed by atoms with E-state index in [1.54, 1.807) is 6.07 Å². The molecule has 4 heteroatoms. The van der Waals surface area contributed by atoms with Crippen molar-refractivity contribution in [3.8, 4) is 0 Å². The molecule has 3 nitrogen and oxygen atoms in total. The van der Waals surface area contributed by atoms with E-state index in [9.17, 15) is 4.79 Å². The number of hydrogen-bond acceptors (Lipinski definition) is 2. The van der Waals surface area contributed by atoms with Crippen molar-refractivity contribution in [1.82, 2.24) is 4.57 Å². The van der Waals surface area contributed by atoms with Gasteiger partial charge in [0, 0.05) is 22.6 Å². The summed E-state index contributed by atoms with van der Waals surface area (Å²) >= 11 is 3.44. The highest BCUT2D eigenvalue weighted by Crippen LogP contribution is 2.22. The second kappa shape index (κ2) is 7.97. The summed E-state index contributed by atoms with van der Waals surface area (Å²) in [4.78, 5) is 11.9. The molecule has 0 fully saturated rings. The van der Waals surface area contributed by atoms with Gasteiger partial charge in [-0.2, -0.15) is 0 Å². The van der Waals surface area contributed by atoms with E-state index in [1.165, 1.54) is 12.7 Å². The zero-order valence-corrected chi connectivity index (χ0v) is 15.1. The van der Waals surface area contributed by atoms with Crippen LogP contribution in [0.4, 0.5) is 0 Å². The Bertz CT molecular complexity index is 791. The molecule has 0 aliphatic carbocycles. The molecule has 0 aliphatic heterocycles. The Morgan fingerprint density at radius 3 is 2.43 bits per heavy atom. The third-order valence-electron chi connectivity index (χ3n) is 3.46. The molecule has 0 saturated heterocycles. The molecular formula is C19H20BrNO2. The predicted molar refractivity (Wildman–Crippen MR) is 97.9 cm³/mol. The van der Waals surface area contributed by atoms with Crippen molar-refractivity contribution >= 4 is 32.8 Å². The second-order valence-corrected chi connectivity index (χ2v) is 5.72. The molecule has 3 rings (SSSR count). The number of fused-ring (bicyclic) bond motifs is 1. The molecule has 0 amide bonds. The average Bonchev–Trinajstić information content (AvgIpc) is 3.01. The largest absolute Gasteiger partial charge is 0.465 e. The van der Waals surface area contributed by atoms with Crippen LogP contribution in [-0.2, 0) is 11.3 Å². The number of hydrogen-bond donors (Lipinski definition) is 0. The van der Waals surface area contributed by atoms with Crippen molar-refractivity contribution in [2.24, 2.45) is 0 Å². The maximum absolute atomic E-state index is 11.9. The lowest BCUT2D eigenvalue weighted by Crippen LogP contribution is -2.06. The molecule has 23 heavy (non-hydrogen) atoms. The van der Waals surface area contributed by atoms with Gasteiger partial charge in [-0.25, -0.2) is 4.79 Å². The predicted octanol–water partition coefficient (Wildman–Crippen LogP) is 5.26. The van der Waals surface area contributed by atoms with Crippen molar-refractivity contribution in [2.45, 2.75) is 20.4 Å². The molecular weight excluding hydrogens is 354 g/mol. The van der Waals surface area contributed by atoms with Crippen LogP contribution in [0.15, 0.2) is 59.2 Å². The van der Waals surface area contributed by atoms with E-state index in [2.05, 4.69) is 32.6 Å². The van der Waals surface area contributed by atoms with Gasteiger partial charge in [0.05, 0.1) is 18.2 Å². The van der Waals surface area contributed by atoms with Crippen molar-refractivity contribution < 1.29 is 9.53 Å². The lowest BCUT2D eigenvalue weighted by molar-refractivity contribution is 0.0602. The van der Waals surface area contributed by atoms with Gasteiger partial charge in [0.1, 0.15) is 0 Å². The fourth-order valence-corrected chi connectivity index (χ4v) is 2.72. The number of aromatic nitrogens is 1. The van der Waals surface area contributed by atoms with Crippen LogP contribution in [0, 0.1) is 0 Å². The van der Waals surface area contributed by atoms with E-state index in [-0.39, 0.29) is 5.97 Å². The van der Waals surface area contributed by atoms with Crippen molar-refractivity contribution in [1.29, 1.82) is 0 Å². The summed E-state index contributed by atoms with van der Waals surface area (Å²) in [5.41, 5.74) is 2.68. The molecule has 0 atom stereocenters. The summed E-state index contributed by atoms with van der Waals surface area (Å²) in [7, 11) is 1.41. The quantitative estimate of drug-likeness (QED) is 0.585. The Kier molecular flexibility index (Phi) is 5.99. The number of rotatable bonds is 3. The van der Waals surface area contributed by atoms with Crippen LogP contribution >= 0.6 is 15.9 Å². The summed E-state index contributed by atoms with van der Waals surface area (Å²) in [6.07, 6.45) is 2.00. The number of esters is 1. The third kappa shape index (κ3) is 3.82. The van der Waals surface area contributed by atoms with E-state index in [0.29, 0.717) is 12.1 Å². The van der Waals surface area contributed by atoms with E-state index in [1.807, 2.05) is 50.4 Å². The monoisotopic (exact) mass is 373 g/mol. The van der Waals surface area contributed by atoms with E-state index in [0.717, 1.165) is 15.4 Å². The molecule has 0 N–H and O–H groups in total. The maximum atomic E-state index is 11.9. The number of para-hydroxylation sites is 1. The van der Waals surface area contributed by atoms with Crippen molar-refractivity contribution in [2.75, 3.05) is 7.11 Å². The van der Waals surface area contributed by atoms with Gasteiger partial charge in [-0.05, 0) is 29.8 Å². The van der Waals surface area contributed by atoms with Crippen LogP contribution in [0.1, 0.15) is 29.8 Å². The molecule has 1 heterocycles. The highest BCUT2D eigenvalue weighted by molar-refractivity contribution is 9.10. The SMILES string of the molecule is CC.COC(=O)c1cccc2ccn(Cc3ccc(Br)cc3)c12. The van der Waals surface area contributed by atoms with Gasteiger partial charge in [-0.15, -0.1) is 0 Å². The fraction of sp³-hybridized carbons (Fsp3) is 0.211. The lowest BCUT2D eigenvalue weighted by Gasteiger charge is -2.09. The first-order valence-corrected chi connectivity index (χ1v) is 8.39. The van der Waals surface area contributed by atoms with Crippen LogP contribution in [0.3, 0.4) is 0 Å². The standard InChI is InChI=1S/C17H14BrNO2.C2H6/c1-21-17(20)15-4-2-3-13-9-10-19(16(13)15)11-12-5-7-14(18)8-6-12;1-2/h2-10H,11H2,1H3;1-2H3. The smallest absolute Gasteiger partial charge is 0.340 e. The van der Waals surface area contributed by atoms with Gasteiger partial charge >= 0.3 is 5.97 Å². The lowest BCUT2D eigenvalue weighted by atomic mass is 10.1. The summed E-state index contributed by atoms with van der Waals surface area (Å²) < 4.78 is 8.00. The van der Waals surface area contributed by atoms with Gasteiger partial charge in [-0.3, -0.25) is 0 Å². The summed E-state index contributed by atoms with van der Waals surface area (Å²) in [6, 6.07) is 15.9. The minimum atomic E-state index is -0.309. The van der Waals surface area contributed by atoms with Gasteiger partial charge in [-0.1, -0.05) is 54.0 Å². The van der Waals surface area contributed by atoms with Gasteiger partial charge in [0.15, 0.2) is 0 Å². The number of nitrogens with zero attached hydrogens (tertiary/aromatic N) is 1. The molecule has 1 aromatic heterocycles. The molecule has 3 aromatic rings. The summed E-state index contributed by atoms with van der Waals surface area (Å²) in [6.45, 7) is 4.71. The molecule has 120 valence electrons. The maximum Gasteiger partial charge on any atom is 0.340 e. The Hall–Kier alpha value is -2.07. The second-order valence-electron chi connectivity index (χ2n) is 4.81. The Labute approximate surface area is 145 Å². The highest BCUT2D eigenvalue weighted by atomic mass is 79.9. The normalized spacial score (nSPS) is 10.1. The fourth-order valence-electron chi connectivity index (χ4n) is 2.45. The molecule has 0 radical (unpaired) electrons. The minimum absolute atomic E-state index is 0.309. The number of halogens is 1. The summed E-state index contributed by atoms with van der Waals surface area (Å²) in [5.74, 6) is -0.309. The molecule has 0 aliphatic rings. The first kappa shape index (κ1) is 17.3. The zero-order valence-electron chi connectivity index (χ0n) is 13.5. The van der Waals surface area contributed by atoms with Crippen LogP contribution in [0.25, 0.3) is 10.9 Å². The van der Waals surface area contributed by atoms with Crippen LogP contribution in [-0.4, -0.2) is 17.6 Å². The van der Waals surface area contributed by atoms with Crippen LogP contribution < -0.4 is 0 Å². The Morgan fingerprint density at radius 2 is 1.78 bits per heavy atom. The molecule has 2 aromatic carbocycles. The first-order valence-electron chi connectivity index (χ1n) is 7.59. The number of benzene rings is 2. The van der Waals surface area contributed by atoms with Gasteiger partial charge in [0.25, 0.3) is 0 Å². The van der Waals surface area contributed by atoms with Gasteiger partial charge in [0.2, 0.25) is 0 Å². The Balaban J connectivity index is 0.000000924. The molecule has 0 bridgehead atoms. The van der Waals surface area contributed by atoms with E-state index in [4.69, 9.17) is 4.74 Å². The third-order valence-corrected chi connectivity index (χ3v) is 3.99. The minimum Gasteiger partial charge on any atom is -0.465 e. The average molecular weight is 374 g/mol. The number of methoxy groups -OCH3 is 1. The van der Waals surface area contributed by atoms with E-state index >= 15 is 0 Å². The van der Waals surface area contributed by atoms with E-state index < -0.39 is 0 Å². The Morgan fingerprint density at radius 1 is 1.09 bits per heavy atom. The van der Waals surface area contributed by atoms with Crippen LogP contribution in [0.2, 0.25) is 0 Å². The molecule has 0 unspecified atom stereocenters. The number of ether oxygens (including phenoxy) is 1. The number of carbonyl (C=O) groups is 1. The topological polar surface area (TPSA) is 31.2 Å². The number of carbonyl (C=O) groups excluding carboxylic acids is 1. The molecule has 0 saturated carbocycles.